The number of nitrogens with zero attached hydrogens (tertiary/aromatic N) is 2. The van der Waals surface area contributed by atoms with Crippen molar-refractivity contribution in [2.75, 3.05) is 28.6 Å². The van der Waals surface area contributed by atoms with E-state index in [2.05, 4.69) is 16.0 Å². The molecule has 4 rings (SSSR count). The van der Waals surface area contributed by atoms with Crippen LogP contribution in [0.1, 0.15) is 39.1 Å². The number of anilines is 3. The van der Waals surface area contributed by atoms with E-state index in [0.717, 1.165) is 31.5 Å². The van der Waals surface area contributed by atoms with Crippen LogP contribution in [0.3, 0.4) is 0 Å². The zero-order valence-electron chi connectivity index (χ0n) is 19.6. The first-order valence-corrected chi connectivity index (χ1v) is 11.9. The number of amides is 2. The van der Waals surface area contributed by atoms with Gasteiger partial charge in [-0.05, 0) is 80.0 Å². The maximum atomic E-state index is 12.7. The monoisotopic (exact) mass is 503 g/mol. The SMILES string of the molecule is Cc1cc(NC(=S)NC(=O)c2ccc(N3CCCC3)c([N+](=O)[O-])c2)ccc1NC(=O)c1ccccc1. The Labute approximate surface area is 213 Å². The van der Waals surface area contributed by atoms with Gasteiger partial charge in [0.25, 0.3) is 17.5 Å². The molecule has 10 heteroatoms. The van der Waals surface area contributed by atoms with Gasteiger partial charge in [-0.15, -0.1) is 0 Å². The van der Waals surface area contributed by atoms with Gasteiger partial charge in [-0.2, -0.15) is 0 Å². The van der Waals surface area contributed by atoms with Gasteiger partial charge in [0.1, 0.15) is 5.69 Å². The molecule has 1 aliphatic rings. The molecular formula is C26H25N5O4S. The molecule has 3 aromatic carbocycles. The Hall–Kier alpha value is -4.31. The molecule has 0 atom stereocenters. The number of carbonyl (C=O) groups excluding carboxylic acids is 2. The number of carbonyl (C=O) groups is 2. The number of benzene rings is 3. The summed E-state index contributed by atoms with van der Waals surface area (Å²) in [6.07, 6.45) is 1.97. The largest absolute Gasteiger partial charge is 0.366 e. The Bertz CT molecular complexity index is 1320. The summed E-state index contributed by atoms with van der Waals surface area (Å²) in [5, 5.41) is 20.0. The lowest BCUT2D eigenvalue weighted by Gasteiger charge is -2.18. The molecule has 184 valence electrons. The zero-order valence-corrected chi connectivity index (χ0v) is 20.4. The molecule has 2 amide bonds. The number of rotatable bonds is 6. The van der Waals surface area contributed by atoms with Gasteiger partial charge < -0.3 is 15.5 Å². The third kappa shape index (κ3) is 5.84. The fourth-order valence-electron chi connectivity index (χ4n) is 4.04. The number of thiocarbonyl (C=S) groups is 1. The number of hydrogen-bond donors (Lipinski definition) is 3. The lowest BCUT2D eigenvalue weighted by molar-refractivity contribution is -0.384. The van der Waals surface area contributed by atoms with Crippen molar-refractivity contribution >= 4 is 51.9 Å². The second-order valence-corrected chi connectivity index (χ2v) is 8.82. The van der Waals surface area contributed by atoms with Crippen LogP contribution in [0.4, 0.5) is 22.7 Å². The van der Waals surface area contributed by atoms with E-state index in [-0.39, 0.29) is 22.3 Å². The molecule has 3 N–H and O–H groups in total. The fraction of sp³-hybridized carbons (Fsp3) is 0.192. The van der Waals surface area contributed by atoms with Crippen molar-refractivity contribution in [3.8, 4) is 0 Å². The summed E-state index contributed by atoms with van der Waals surface area (Å²) < 4.78 is 0. The van der Waals surface area contributed by atoms with Crippen molar-refractivity contribution < 1.29 is 14.5 Å². The van der Waals surface area contributed by atoms with Crippen LogP contribution in [0.2, 0.25) is 0 Å². The quantitative estimate of drug-likeness (QED) is 0.249. The molecule has 1 saturated heterocycles. The van der Waals surface area contributed by atoms with Crippen LogP contribution in [0, 0.1) is 17.0 Å². The van der Waals surface area contributed by atoms with Crippen LogP contribution < -0.4 is 20.9 Å². The summed E-state index contributed by atoms with van der Waals surface area (Å²) in [7, 11) is 0. The first-order valence-electron chi connectivity index (χ1n) is 11.4. The van der Waals surface area contributed by atoms with E-state index in [1.54, 1.807) is 54.6 Å². The van der Waals surface area contributed by atoms with Crippen molar-refractivity contribution in [1.82, 2.24) is 5.32 Å². The van der Waals surface area contributed by atoms with E-state index in [1.807, 2.05) is 17.9 Å². The third-order valence-electron chi connectivity index (χ3n) is 5.88. The molecule has 0 aliphatic carbocycles. The molecule has 9 nitrogen and oxygen atoms in total. The van der Waals surface area contributed by atoms with Crippen LogP contribution in [0.5, 0.6) is 0 Å². The topological polar surface area (TPSA) is 117 Å². The molecule has 1 heterocycles. The van der Waals surface area contributed by atoms with Crippen LogP contribution in [0.15, 0.2) is 66.7 Å². The van der Waals surface area contributed by atoms with Gasteiger partial charge in [0, 0.05) is 41.7 Å². The summed E-state index contributed by atoms with van der Waals surface area (Å²) in [4.78, 5) is 38.2. The van der Waals surface area contributed by atoms with Gasteiger partial charge in [0.2, 0.25) is 0 Å². The standard InChI is InChI=1S/C26H25N5O4S/c1-17-15-20(10-11-21(17)28-24(32)18-7-3-2-4-8-18)27-26(36)29-25(33)19-9-12-22(23(16-19)31(34)35)30-13-5-6-14-30/h2-4,7-12,15-16H,5-6,13-14H2,1H3,(H,28,32)(H2,27,29,33,36). The first-order chi connectivity index (χ1) is 17.3. The van der Waals surface area contributed by atoms with E-state index < -0.39 is 10.8 Å². The van der Waals surface area contributed by atoms with E-state index in [0.29, 0.717) is 22.6 Å². The summed E-state index contributed by atoms with van der Waals surface area (Å²) in [6.45, 7) is 3.36. The smallest absolute Gasteiger partial charge is 0.293 e. The minimum atomic E-state index is -0.549. The normalized spacial score (nSPS) is 12.6. The highest BCUT2D eigenvalue weighted by atomic mass is 32.1. The minimum absolute atomic E-state index is 0.0479. The number of hydrogen-bond acceptors (Lipinski definition) is 6. The number of nitro groups is 1. The van der Waals surface area contributed by atoms with Crippen LogP contribution in [-0.4, -0.2) is 34.9 Å². The molecule has 1 aliphatic heterocycles. The highest BCUT2D eigenvalue weighted by molar-refractivity contribution is 7.80. The lowest BCUT2D eigenvalue weighted by Crippen LogP contribution is -2.34. The molecule has 0 spiro atoms. The van der Waals surface area contributed by atoms with Crippen molar-refractivity contribution in [2.24, 2.45) is 0 Å². The van der Waals surface area contributed by atoms with Crippen LogP contribution >= 0.6 is 12.2 Å². The molecule has 0 bridgehead atoms. The number of nitro benzene ring substituents is 1. The Morgan fingerprint density at radius 1 is 0.917 bits per heavy atom. The molecular weight excluding hydrogens is 478 g/mol. The average molecular weight is 504 g/mol. The van der Waals surface area contributed by atoms with Crippen LogP contribution in [-0.2, 0) is 0 Å². The summed E-state index contributed by atoms with van der Waals surface area (Å²) in [5.74, 6) is -0.765. The van der Waals surface area contributed by atoms with E-state index in [4.69, 9.17) is 12.2 Å². The molecule has 1 fully saturated rings. The molecule has 0 saturated carbocycles. The minimum Gasteiger partial charge on any atom is -0.366 e. The Kier molecular flexibility index (Phi) is 7.55. The molecule has 0 radical (unpaired) electrons. The maximum absolute atomic E-state index is 12.7. The highest BCUT2D eigenvalue weighted by Crippen LogP contribution is 2.31. The second-order valence-electron chi connectivity index (χ2n) is 8.41. The maximum Gasteiger partial charge on any atom is 0.293 e. The Balaban J connectivity index is 1.39. The summed E-state index contributed by atoms with van der Waals surface area (Å²) in [6, 6.07) is 18.6. The Morgan fingerprint density at radius 3 is 2.31 bits per heavy atom. The summed E-state index contributed by atoms with van der Waals surface area (Å²) >= 11 is 5.26. The van der Waals surface area contributed by atoms with Gasteiger partial charge in [-0.3, -0.25) is 25.0 Å². The molecule has 0 unspecified atom stereocenters. The van der Waals surface area contributed by atoms with Crippen molar-refractivity contribution in [3.63, 3.8) is 0 Å². The van der Waals surface area contributed by atoms with Gasteiger partial charge in [0.05, 0.1) is 4.92 Å². The predicted molar refractivity (Wildman–Crippen MR) is 144 cm³/mol. The molecule has 3 aromatic rings. The van der Waals surface area contributed by atoms with Gasteiger partial charge in [-0.1, -0.05) is 18.2 Å². The van der Waals surface area contributed by atoms with Gasteiger partial charge in [0.15, 0.2) is 5.11 Å². The van der Waals surface area contributed by atoms with Crippen LogP contribution in [0.25, 0.3) is 0 Å². The summed E-state index contributed by atoms with van der Waals surface area (Å²) in [5.41, 5.74) is 3.17. The average Bonchev–Trinajstić information content (AvgIpc) is 3.40. The first kappa shape index (κ1) is 24.8. The Morgan fingerprint density at radius 2 is 1.64 bits per heavy atom. The van der Waals surface area contributed by atoms with Gasteiger partial charge in [-0.25, -0.2) is 0 Å². The fourth-order valence-corrected chi connectivity index (χ4v) is 4.25. The highest BCUT2D eigenvalue weighted by Gasteiger charge is 2.24. The van der Waals surface area contributed by atoms with E-state index in [1.165, 1.54) is 6.07 Å². The van der Waals surface area contributed by atoms with Crippen molar-refractivity contribution in [1.29, 1.82) is 0 Å². The number of aryl methyl sites for hydroxylation is 1. The molecule has 0 aromatic heterocycles. The van der Waals surface area contributed by atoms with E-state index in [9.17, 15) is 19.7 Å². The number of nitrogens with one attached hydrogen (secondary N) is 3. The van der Waals surface area contributed by atoms with Crippen molar-refractivity contribution in [3.05, 3.63) is 93.5 Å². The third-order valence-corrected chi connectivity index (χ3v) is 6.08. The second kappa shape index (κ2) is 11.0. The molecule has 36 heavy (non-hydrogen) atoms. The van der Waals surface area contributed by atoms with E-state index >= 15 is 0 Å². The zero-order chi connectivity index (χ0) is 25.7. The van der Waals surface area contributed by atoms with Crippen molar-refractivity contribution in [2.45, 2.75) is 19.8 Å². The van der Waals surface area contributed by atoms with Gasteiger partial charge >= 0.3 is 0 Å². The predicted octanol–water partition coefficient (Wildman–Crippen LogP) is 4.88. The lowest BCUT2D eigenvalue weighted by atomic mass is 10.1.